The first-order valence-electron chi connectivity index (χ1n) is 6.13. The zero-order valence-corrected chi connectivity index (χ0v) is 9.45. The van der Waals surface area contributed by atoms with Crippen molar-refractivity contribution >= 4 is 5.69 Å². The summed E-state index contributed by atoms with van der Waals surface area (Å²) in [4.78, 5) is 0. The molecule has 1 aromatic carbocycles. The molecule has 3 rings (SSSR count). The van der Waals surface area contributed by atoms with Crippen molar-refractivity contribution < 1.29 is 10.2 Å². The fourth-order valence-corrected chi connectivity index (χ4v) is 3.29. The molecule has 0 aliphatic carbocycles. The van der Waals surface area contributed by atoms with Gasteiger partial charge in [0.2, 0.25) is 0 Å². The third-order valence-electron chi connectivity index (χ3n) is 4.17. The third-order valence-corrected chi connectivity index (χ3v) is 4.17. The van der Waals surface area contributed by atoms with Crippen LogP contribution in [0.1, 0.15) is 24.8 Å². The Morgan fingerprint density at radius 2 is 1.56 bits per heavy atom. The van der Waals surface area contributed by atoms with E-state index in [0.717, 1.165) is 17.4 Å². The second-order valence-corrected chi connectivity index (χ2v) is 5.10. The summed E-state index contributed by atoms with van der Waals surface area (Å²) in [5.74, 6) is 0.0551. The Morgan fingerprint density at radius 1 is 0.875 bits per heavy atom. The summed E-state index contributed by atoms with van der Waals surface area (Å²) in [6, 6.07) is 3.52. The van der Waals surface area contributed by atoms with Crippen LogP contribution in [0.4, 0.5) is 5.69 Å². The molecule has 1 saturated heterocycles. The maximum atomic E-state index is 9.64. The van der Waals surface area contributed by atoms with Crippen LogP contribution >= 0.6 is 0 Å². The lowest BCUT2D eigenvalue weighted by molar-refractivity contribution is 0.246. The van der Waals surface area contributed by atoms with Crippen molar-refractivity contribution in [1.82, 2.24) is 4.48 Å². The highest BCUT2D eigenvalue weighted by atomic mass is 16.3. The van der Waals surface area contributed by atoms with Gasteiger partial charge in [-0.25, -0.2) is 0 Å². The predicted octanol–water partition coefficient (Wildman–Crippen LogP) is 2.15. The lowest BCUT2D eigenvalue weighted by Crippen LogP contribution is -2.51. The second-order valence-electron chi connectivity index (χ2n) is 5.10. The highest BCUT2D eigenvalue weighted by molar-refractivity contribution is 5.62. The molecule has 1 fully saturated rings. The number of rotatable bonds is 0. The summed E-state index contributed by atoms with van der Waals surface area (Å²) in [5.41, 5.74) is 2.47. The van der Waals surface area contributed by atoms with Crippen molar-refractivity contribution in [3.8, 4) is 11.5 Å². The Kier molecular flexibility index (Phi) is 2.11. The van der Waals surface area contributed by atoms with Crippen LogP contribution < -0.4 is 4.48 Å². The molecule has 3 nitrogen and oxygen atoms in total. The highest BCUT2D eigenvalue weighted by Gasteiger charge is 2.39. The second kappa shape index (κ2) is 3.39. The molecule has 0 bridgehead atoms. The molecule has 86 valence electrons. The molecule has 1 spiro atoms. The molecule has 2 aliphatic heterocycles. The maximum Gasteiger partial charge on any atom is 0.163 e. The first-order valence-corrected chi connectivity index (χ1v) is 6.13. The van der Waals surface area contributed by atoms with E-state index < -0.39 is 0 Å². The Morgan fingerprint density at radius 3 is 2.31 bits per heavy atom. The van der Waals surface area contributed by atoms with Crippen molar-refractivity contribution in [3.63, 3.8) is 0 Å². The van der Waals surface area contributed by atoms with E-state index in [9.17, 15) is 10.2 Å². The molecule has 0 radical (unpaired) electrons. The molecule has 0 saturated carbocycles. The van der Waals surface area contributed by atoms with Crippen LogP contribution in [0.15, 0.2) is 12.1 Å². The van der Waals surface area contributed by atoms with E-state index in [2.05, 4.69) is 0 Å². The van der Waals surface area contributed by atoms with Crippen LogP contribution in [-0.4, -0.2) is 29.8 Å². The van der Waals surface area contributed by atoms with Gasteiger partial charge < -0.3 is 10.2 Å². The molecule has 3 heteroatoms. The monoisotopic (exact) mass is 220 g/mol. The van der Waals surface area contributed by atoms with E-state index in [-0.39, 0.29) is 11.5 Å². The number of piperidine rings is 1. The predicted molar refractivity (Wildman–Crippen MR) is 63.7 cm³/mol. The quantitative estimate of drug-likeness (QED) is 0.519. The van der Waals surface area contributed by atoms with Gasteiger partial charge in [-0.05, 0) is 25.3 Å². The lowest BCUT2D eigenvalue weighted by Gasteiger charge is -2.37. The van der Waals surface area contributed by atoms with Gasteiger partial charge in [0, 0.05) is 18.1 Å². The number of quaternary nitrogens is 1. The first kappa shape index (κ1) is 9.97. The van der Waals surface area contributed by atoms with Gasteiger partial charge >= 0.3 is 0 Å². The Hall–Kier alpha value is -1.22. The van der Waals surface area contributed by atoms with Crippen molar-refractivity contribution in [3.05, 3.63) is 17.7 Å². The molecule has 0 aromatic heterocycles. The summed E-state index contributed by atoms with van der Waals surface area (Å²) in [5, 5.41) is 19.2. The van der Waals surface area contributed by atoms with Gasteiger partial charge in [-0.3, -0.25) is 4.48 Å². The van der Waals surface area contributed by atoms with E-state index in [1.807, 2.05) is 0 Å². The van der Waals surface area contributed by atoms with Gasteiger partial charge in [0.05, 0.1) is 19.6 Å². The molecular weight excluding hydrogens is 202 g/mol. The molecule has 0 amide bonds. The minimum absolute atomic E-state index is 0.0239. The molecule has 1 aromatic rings. The number of benzene rings is 1. The zero-order chi connectivity index (χ0) is 11.2. The van der Waals surface area contributed by atoms with Crippen molar-refractivity contribution in [2.75, 3.05) is 19.6 Å². The van der Waals surface area contributed by atoms with Crippen molar-refractivity contribution in [2.24, 2.45) is 0 Å². The van der Waals surface area contributed by atoms with E-state index in [4.69, 9.17) is 0 Å². The highest BCUT2D eigenvalue weighted by Crippen LogP contribution is 2.42. The molecule has 2 N–H and O–H groups in total. The number of aromatic hydroxyl groups is 2. The Balaban J connectivity index is 2.07. The summed E-state index contributed by atoms with van der Waals surface area (Å²) in [7, 11) is 0. The largest absolute Gasteiger partial charge is 0.504 e. The fourth-order valence-electron chi connectivity index (χ4n) is 3.29. The zero-order valence-electron chi connectivity index (χ0n) is 9.45. The Labute approximate surface area is 95.5 Å². The number of fused-ring (bicyclic) bond motifs is 2. The molecule has 0 atom stereocenters. The maximum absolute atomic E-state index is 9.64. The summed E-state index contributed by atoms with van der Waals surface area (Å²) in [6.07, 6.45) is 4.92. The van der Waals surface area contributed by atoms with E-state index in [1.165, 1.54) is 43.6 Å². The van der Waals surface area contributed by atoms with Gasteiger partial charge in [0.1, 0.15) is 5.69 Å². The van der Waals surface area contributed by atoms with Crippen molar-refractivity contribution in [1.29, 1.82) is 0 Å². The normalized spacial score (nSPS) is 22.2. The third kappa shape index (κ3) is 1.31. The molecule has 0 unspecified atom stereocenters. The number of phenolic OH excluding ortho intramolecular Hbond substituents is 2. The first-order chi connectivity index (χ1) is 7.71. The number of hydrogen-bond acceptors (Lipinski definition) is 2. The summed E-state index contributed by atoms with van der Waals surface area (Å²) < 4.78 is 1.03. The van der Waals surface area contributed by atoms with Gasteiger partial charge in [0.25, 0.3) is 0 Å². The van der Waals surface area contributed by atoms with E-state index in [0.29, 0.717) is 0 Å². The van der Waals surface area contributed by atoms with Gasteiger partial charge in [-0.2, -0.15) is 0 Å². The molecule has 16 heavy (non-hydrogen) atoms. The van der Waals surface area contributed by atoms with Gasteiger partial charge in [-0.1, -0.05) is 0 Å². The van der Waals surface area contributed by atoms with E-state index in [1.54, 1.807) is 12.1 Å². The van der Waals surface area contributed by atoms with Crippen LogP contribution in [0.25, 0.3) is 0 Å². The molecular formula is C13H18NO2+. The standard InChI is InChI=1S/C13H17NO2/c15-12-8-10-4-7-14(5-2-1-3-6-14)11(10)9-13(12)16/h8-9H,1-7H2,(H-,15,16)/p+1. The minimum Gasteiger partial charge on any atom is -0.504 e. The average Bonchev–Trinajstić information content (AvgIpc) is 2.60. The van der Waals surface area contributed by atoms with Gasteiger partial charge in [0.15, 0.2) is 11.5 Å². The summed E-state index contributed by atoms with van der Waals surface area (Å²) in [6.45, 7) is 3.52. The molecule has 2 aliphatic rings. The summed E-state index contributed by atoms with van der Waals surface area (Å²) >= 11 is 0. The van der Waals surface area contributed by atoms with Crippen molar-refractivity contribution in [2.45, 2.75) is 25.7 Å². The lowest BCUT2D eigenvalue weighted by atomic mass is 10.1. The van der Waals surface area contributed by atoms with Crippen LogP contribution in [-0.2, 0) is 6.42 Å². The van der Waals surface area contributed by atoms with Crippen LogP contribution in [0.3, 0.4) is 0 Å². The van der Waals surface area contributed by atoms with Crippen LogP contribution in [0.2, 0.25) is 0 Å². The number of phenols is 2. The van der Waals surface area contributed by atoms with Crippen LogP contribution in [0, 0.1) is 0 Å². The van der Waals surface area contributed by atoms with E-state index >= 15 is 0 Å². The van der Waals surface area contributed by atoms with Gasteiger partial charge in [-0.15, -0.1) is 0 Å². The smallest absolute Gasteiger partial charge is 0.163 e. The minimum atomic E-state index is 0.0239. The number of nitrogens with zero attached hydrogens (tertiary/aromatic N) is 1. The average molecular weight is 220 g/mol. The topological polar surface area (TPSA) is 40.5 Å². The number of hydrogen-bond donors (Lipinski definition) is 2. The fraction of sp³-hybridized carbons (Fsp3) is 0.538. The SMILES string of the molecule is Oc1cc2c(cc1O)[N+]1(CCCCC1)CC2. The van der Waals surface area contributed by atoms with Crippen LogP contribution in [0.5, 0.6) is 11.5 Å². The molecule has 2 heterocycles. The Bertz CT molecular complexity index is 422.